The van der Waals surface area contributed by atoms with Gasteiger partial charge in [-0.2, -0.15) is 0 Å². The molecule has 3 rings (SSSR count). The van der Waals surface area contributed by atoms with Crippen LogP contribution in [0.3, 0.4) is 0 Å². The van der Waals surface area contributed by atoms with Crippen molar-refractivity contribution >= 4 is 17.5 Å². The van der Waals surface area contributed by atoms with Crippen LogP contribution < -0.4 is 10.1 Å². The Kier molecular flexibility index (Phi) is 9.14. The summed E-state index contributed by atoms with van der Waals surface area (Å²) in [6.07, 6.45) is 7.03. The molecule has 2 aromatic carbocycles. The normalized spacial score (nSPS) is 15.9. The maximum atomic E-state index is 12.7. The Morgan fingerprint density at radius 2 is 1.91 bits per heavy atom. The van der Waals surface area contributed by atoms with Crippen LogP contribution in [0.25, 0.3) is 0 Å². The Bertz CT molecular complexity index is 882. The second kappa shape index (κ2) is 12.3. The molecule has 5 nitrogen and oxygen atoms in total. The van der Waals surface area contributed by atoms with Crippen LogP contribution in [-0.2, 0) is 16.0 Å². The summed E-state index contributed by atoms with van der Waals surface area (Å²) in [5.74, 6) is 1.48. The zero-order chi connectivity index (χ0) is 22.8. The largest absolute Gasteiger partial charge is 0.497 e. The van der Waals surface area contributed by atoms with Gasteiger partial charge in [0.15, 0.2) is 0 Å². The summed E-state index contributed by atoms with van der Waals surface area (Å²) in [6.45, 7) is 3.60. The minimum Gasteiger partial charge on any atom is -0.497 e. The Labute approximate surface area is 192 Å². The SMILES string of the molecule is COc1ccc(NC(=O)CC[C@@H]2CCCN(C(=O)CCCCc3ccccc3)C2)c(C)c1. The maximum absolute atomic E-state index is 12.7. The van der Waals surface area contributed by atoms with Gasteiger partial charge in [-0.25, -0.2) is 0 Å². The third kappa shape index (κ3) is 7.40. The van der Waals surface area contributed by atoms with Gasteiger partial charge < -0.3 is 15.0 Å². The fraction of sp³-hybridized carbons (Fsp3) is 0.481. The number of likely N-dealkylation sites (tertiary alicyclic amines) is 1. The highest BCUT2D eigenvalue weighted by Gasteiger charge is 2.23. The van der Waals surface area contributed by atoms with Crippen molar-refractivity contribution in [1.82, 2.24) is 4.90 Å². The number of unbranched alkanes of at least 4 members (excludes halogenated alkanes) is 1. The topological polar surface area (TPSA) is 58.6 Å². The lowest BCUT2D eigenvalue weighted by Crippen LogP contribution is -2.40. The van der Waals surface area contributed by atoms with Crippen LogP contribution in [-0.4, -0.2) is 36.9 Å². The van der Waals surface area contributed by atoms with Gasteiger partial charge in [0.25, 0.3) is 0 Å². The van der Waals surface area contributed by atoms with Crippen LogP contribution in [0.15, 0.2) is 48.5 Å². The first-order chi connectivity index (χ1) is 15.5. The maximum Gasteiger partial charge on any atom is 0.224 e. The van der Waals surface area contributed by atoms with E-state index in [1.807, 2.05) is 36.1 Å². The third-order valence-electron chi connectivity index (χ3n) is 6.31. The van der Waals surface area contributed by atoms with E-state index in [2.05, 4.69) is 29.6 Å². The van der Waals surface area contributed by atoms with E-state index in [0.717, 1.165) is 68.6 Å². The minimum absolute atomic E-state index is 0.0302. The number of methoxy groups -OCH3 is 1. The molecule has 1 aliphatic heterocycles. The Hall–Kier alpha value is -2.82. The number of benzene rings is 2. The van der Waals surface area contributed by atoms with Crippen LogP contribution in [0.2, 0.25) is 0 Å². The highest BCUT2D eigenvalue weighted by atomic mass is 16.5. The molecule has 1 aliphatic rings. The number of carbonyl (C=O) groups excluding carboxylic acids is 2. The summed E-state index contributed by atoms with van der Waals surface area (Å²) in [6, 6.07) is 16.1. The van der Waals surface area contributed by atoms with Crippen molar-refractivity contribution < 1.29 is 14.3 Å². The predicted molar refractivity (Wildman–Crippen MR) is 129 cm³/mol. The second-order valence-corrected chi connectivity index (χ2v) is 8.81. The van der Waals surface area contributed by atoms with E-state index in [4.69, 9.17) is 4.74 Å². The number of hydrogen-bond acceptors (Lipinski definition) is 3. The molecule has 0 spiro atoms. The summed E-state index contributed by atoms with van der Waals surface area (Å²) >= 11 is 0. The number of rotatable bonds is 10. The molecule has 32 heavy (non-hydrogen) atoms. The van der Waals surface area contributed by atoms with Crippen molar-refractivity contribution in [2.24, 2.45) is 5.92 Å². The van der Waals surface area contributed by atoms with Gasteiger partial charge in [0.1, 0.15) is 5.75 Å². The highest BCUT2D eigenvalue weighted by Crippen LogP contribution is 2.24. The molecule has 1 saturated heterocycles. The predicted octanol–water partition coefficient (Wildman–Crippen LogP) is 5.37. The van der Waals surface area contributed by atoms with Gasteiger partial charge in [-0.05, 0) is 80.7 Å². The van der Waals surface area contributed by atoms with E-state index >= 15 is 0 Å². The van der Waals surface area contributed by atoms with Crippen molar-refractivity contribution in [3.63, 3.8) is 0 Å². The van der Waals surface area contributed by atoms with E-state index in [-0.39, 0.29) is 11.8 Å². The zero-order valence-electron chi connectivity index (χ0n) is 19.4. The number of nitrogens with one attached hydrogen (secondary N) is 1. The average Bonchev–Trinajstić information content (AvgIpc) is 2.82. The molecule has 0 radical (unpaired) electrons. The van der Waals surface area contributed by atoms with Gasteiger partial charge in [-0.15, -0.1) is 0 Å². The van der Waals surface area contributed by atoms with Gasteiger partial charge in [-0.3, -0.25) is 9.59 Å². The number of piperidine rings is 1. The van der Waals surface area contributed by atoms with E-state index in [1.54, 1.807) is 7.11 Å². The summed E-state index contributed by atoms with van der Waals surface area (Å²) < 4.78 is 5.22. The molecule has 5 heteroatoms. The van der Waals surface area contributed by atoms with Gasteiger partial charge in [0.05, 0.1) is 7.11 Å². The number of anilines is 1. The molecule has 0 bridgehead atoms. The van der Waals surface area contributed by atoms with Gasteiger partial charge in [0, 0.05) is 31.6 Å². The van der Waals surface area contributed by atoms with Crippen molar-refractivity contribution in [2.45, 2.75) is 58.3 Å². The molecular formula is C27H36N2O3. The monoisotopic (exact) mass is 436 g/mol. The lowest BCUT2D eigenvalue weighted by Gasteiger charge is -2.33. The first-order valence-corrected chi connectivity index (χ1v) is 11.8. The quantitative estimate of drug-likeness (QED) is 0.509. The molecule has 0 aromatic heterocycles. The fourth-order valence-electron chi connectivity index (χ4n) is 4.39. The molecule has 1 heterocycles. The van der Waals surface area contributed by atoms with E-state index in [0.29, 0.717) is 18.8 Å². The summed E-state index contributed by atoms with van der Waals surface area (Å²) in [5.41, 5.74) is 3.15. The molecule has 2 aromatic rings. The van der Waals surface area contributed by atoms with E-state index < -0.39 is 0 Å². The van der Waals surface area contributed by atoms with Crippen LogP contribution >= 0.6 is 0 Å². The van der Waals surface area contributed by atoms with Crippen molar-refractivity contribution in [1.29, 1.82) is 0 Å². The molecule has 1 atom stereocenters. The number of nitrogens with zero attached hydrogens (tertiary/aromatic N) is 1. The number of amides is 2. The molecule has 0 saturated carbocycles. The molecule has 2 amide bonds. The van der Waals surface area contributed by atoms with E-state index in [1.165, 1.54) is 5.56 Å². The van der Waals surface area contributed by atoms with Crippen molar-refractivity contribution in [3.05, 3.63) is 59.7 Å². The lowest BCUT2D eigenvalue weighted by molar-refractivity contribution is -0.133. The van der Waals surface area contributed by atoms with Gasteiger partial charge >= 0.3 is 0 Å². The summed E-state index contributed by atoms with van der Waals surface area (Å²) in [7, 11) is 1.63. The smallest absolute Gasteiger partial charge is 0.224 e. The van der Waals surface area contributed by atoms with Gasteiger partial charge in [-0.1, -0.05) is 30.3 Å². The number of hydrogen-bond donors (Lipinski definition) is 1. The first-order valence-electron chi connectivity index (χ1n) is 11.8. The van der Waals surface area contributed by atoms with E-state index in [9.17, 15) is 9.59 Å². The minimum atomic E-state index is 0.0302. The Morgan fingerprint density at radius 3 is 2.66 bits per heavy atom. The zero-order valence-corrected chi connectivity index (χ0v) is 19.4. The van der Waals surface area contributed by atoms with Crippen LogP contribution in [0, 0.1) is 12.8 Å². The third-order valence-corrected chi connectivity index (χ3v) is 6.31. The molecule has 0 aliphatic carbocycles. The molecule has 1 N–H and O–H groups in total. The van der Waals surface area contributed by atoms with Crippen molar-refractivity contribution in [3.8, 4) is 5.75 Å². The van der Waals surface area contributed by atoms with Crippen molar-refractivity contribution in [2.75, 3.05) is 25.5 Å². The molecule has 1 fully saturated rings. The standard InChI is InChI=1S/C27H36N2O3/c1-21-19-24(32-2)15-16-25(21)28-26(30)17-14-23-12-8-18-29(20-23)27(31)13-7-6-11-22-9-4-3-5-10-22/h3-5,9-10,15-16,19,23H,6-8,11-14,17-18,20H2,1-2H3,(H,28,30)/t23-/m0/s1. The van der Waals surface area contributed by atoms with Crippen LogP contribution in [0.1, 0.15) is 56.1 Å². The summed E-state index contributed by atoms with van der Waals surface area (Å²) in [5, 5.41) is 3.01. The molecule has 0 unspecified atom stereocenters. The fourth-order valence-corrected chi connectivity index (χ4v) is 4.39. The number of carbonyl (C=O) groups is 2. The van der Waals surface area contributed by atoms with Crippen LogP contribution in [0.4, 0.5) is 5.69 Å². The highest BCUT2D eigenvalue weighted by molar-refractivity contribution is 5.91. The molecule has 172 valence electrons. The Morgan fingerprint density at radius 1 is 1.09 bits per heavy atom. The second-order valence-electron chi connectivity index (χ2n) is 8.81. The Balaban J connectivity index is 1.36. The average molecular weight is 437 g/mol. The summed E-state index contributed by atoms with van der Waals surface area (Å²) in [4.78, 5) is 27.1. The lowest BCUT2D eigenvalue weighted by atomic mass is 9.93. The number of ether oxygens (including phenoxy) is 1. The molecular weight excluding hydrogens is 400 g/mol. The van der Waals surface area contributed by atoms with Crippen LogP contribution in [0.5, 0.6) is 5.75 Å². The first kappa shape index (κ1) is 23.8. The van der Waals surface area contributed by atoms with Gasteiger partial charge in [0.2, 0.25) is 11.8 Å². The number of aryl methyl sites for hydroxylation is 2.